The summed E-state index contributed by atoms with van der Waals surface area (Å²) < 4.78 is 0. The van der Waals surface area contributed by atoms with Gasteiger partial charge in [0.2, 0.25) is 0 Å². The summed E-state index contributed by atoms with van der Waals surface area (Å²) in [6.07, 6.45) is 0. The van der Waals surface area contributed by atoms with Gasteiger partial charge in [0.05, 0.1) is 5.97 Å². The summed E-state index contributed by atoms with van der Waals surface area (Å²) in [6, 6.07) is 10.3. The van der Waals surface area contributed by atoms with Crippen molar-refractivity contribution in [3.63, 3.8) is 0 Å². The Labute approximate surface area is 124 Å². The number of hydrogen-bond donors (Lipinski definition) is 1. The van der Waals surface area contributed by atoms with Gasteiger partial charge in [-0.1, -0.05) is 41.4 Å². The van der Waals surface area contributed by atoms with Gasteiger partial charge >= 0.3 is 0 Å². The summed E-state index contributed by atoms with van der Waals surface area (Å²) >= 11 is 11.6. The molecular formula is C14H8Cl2NO3-. The van der Waals surface area contributed by atoms with E-state index in [2.05, 4.69) is 5.32 Å². The van der Waals surface area contributed by atoms with Gasteiger partial charge in [0.25, 0.3) is 5.91 Å². The van der Waals surface area contributed by atoms with E-state index in [4.69, 9.17) is 23.2 Å². The Morgan fingerprint density at radius 1 is 0.950 bits per heavy atom. The first-order valence-corrected chi connectivity index (χ1v) is 6.31. The van der Waals surface area contributed by atoms with Crippen molar-refractivity contribution in [2.24, 2.45) is 0 Å². The summed E-state index contributed by atoms with van der Waals surface area (Å²) in [4.78, 5) is 23.0. The minimum absolute atomic E-state index is 0.00333. The number of carboxylic acids is 1. The second-order valence-corrected chi connectivity index (χ2v) is 4.82. The Bertz CT molecular complexity index is 666. The largest absolute Gasteiger partial charge is 0.545 e. The predicted molar refractivity (Wildman–Crippen MR) is 75.2 cm³/mol. The number of halogens is 2. The molecule has 0 saturated carbocycles. The molecule has 102 valence electrons. The van der Waals surface area contributed by atoms with Crippen molar-refractivity contribution in [3.8, 4) is 0 Å². The highest BCUT2D eigenvalue weighted by Crippen LogP contribution is 2.23. The number of rotatable bonds is 3. The first-order valence-electron chi connectivity index (χ1n) is 5.55. The number of hydrogen-bond acceptors (Lipinski definition) is 3. The van der Waals surface area contributed by atoms with Gasteiger partial charge < -0.3 is 15.2 Å². The Morgan fingerprint density at radius 2 is 1.50 bits per heavy atom. The van der Waals surface area contributed by atoms with Gasteiger partial charge in [-0.15, -0.1) is 0 Å². The van der Waals surface area contributed by atoms with Crippen molar-refractivity contribution in [3.05, 3.63) is 63.6 Å². The summed E-state index contributed by atoms with van der Waals surface area (Å²) in [6.45, 7) is 0. The van der Waals surface area contributed by atoms with Crippen molar-refractivity contribution in [2.75, 3.05) is 5.32 Å². The Balaban J connectivity index is 2.31. The molecule has 2 aromatic carbocycles. The van der Waals surface area contributed by atoms with Gasteiger partial charge in [0.15, 0.2) is 0 Å². The van der Waals surface area contributed by atoms with E-state index in [1.165, 1.54) is 36.4 Å². The standard InChI is InChI=1S/C14H9Cl2NO3/c15-8-5-9(16)7-10(6-8)17-13(18)11-3-1-2-4-12(11)14(19)20/h1-7H,(H,17,18)(H,19,20)/p-1. The number of carbonyl (C=O) groups excluding carboxylic acids is 2. The topological polar surface area (TPSA) is 69.2 Å². The van der Waals surface area contributed by atoms with E-state index < -0.39 is 11.9 Å². The molecule has 0 aliphatic rings. The van der Waals surface area contributed by atoms with Crippen LogP contribution in [-0.2, 0) is 0 Å². The number of benzene rings is 2. The number of carbonyl (C=O) groups is 2. The lowest BCUT2D eigenvalue weighted by molar-refractivity contribution is -0.255. The molecule has 1 amide bonds. The van der Waals surface area contributed by atoms with Crippen molar-refractivity contribution in [1.82, 2.24) is 0 Å². The minimum atomic E-state index is -1.42. The van der Waals surface area contributed by atoms with E-state index in [1.807, 2.05) is 0 Å². The molecule has 0 spiro atoms. The summed E-state index contributed by atoms with van der Waals surface area (Å²) in [5.74, 6) is -2.00. The highest BCUT2D eigenvalue weighted by Gasteiger charge is 2.12. The van der Waals surface area contributed by atoms with Gasteiger partial charge in [0, 0.05) is 26.9 Å². The highest BCUT2D eigenvalue weighted by molar-refractivity contribution is 6.35. The van der Waals surface area contributed by atoms with Crippen LogP contribution in [0.2, 0.25) is 10.0 Å². The Morgan fingerprint density at radius 3 is 2.05 bits per heavy atom. The molecule has 0 radical (unpaired) electrons. The zero-order valence-electron chi connectivity index (χ0n) is 10.0. The fourth-order valence-corrected chi connectivity index (χ4v) is 2.21. The number of carboxylic acid groups (broad SMARTS) is 1. The third-order valence-electron chi connectivity index (χ3n) is 2.51. The van der Waals surface area contributed by atoms with E-state index in [0.717, 1.165) is 0 Å². The third-order valence-corrected chi connectivity index (χ3v) is 2.95. The van der Waals surface area contributed by atoms with Gasteiger partial charge in [-0.25, -0.2) is 0 Å². The van der Waals surface area contributed by atoms with Gasteiger partial charge in [0.1, 0.15) is 0 Å². The average Bonchev–Trinajstić information content (AvgIpc) is 2.37. The first-order chi connectivity index (χ1) is 9.47. The van der Waals surface area contributed by atoms with Crippen LogP contribution in [0, 0.1) is 0 Å². The van der Waals surface area contributed by atoms with E-state index in [1.54, 1.807) is 6.07 Å². The predicted octanol–water partition coefficient (Wildman–Crippen LogP) is 2.61. The summed E-state index contributed by atoms with van der Waals surface area (Å²) in [7, 11) is 0. The maximum Gasteiger partial charge on any atom is 0.256 e. The van der Waals surface area contributed by atoms with Crippen LogP contribution in [0.25, 0.3) is 0 Å². The zero-order valence-corrected chi connectivity index (χ0v) is 11.5. The van der Waals surface area contributed by atoms with Crippen LogP contribution in [0.3, 0.4) is 0 Å². The summed E-state index contributed by atoms with van der Waals surface area (Å²) in [5, 5.41) is 14.2. The lowest BCUT2D eigenvalue weighted by Gasteiger charge is -2.11. The van der Waals surface area contributed by atoms with Crippen LogP contribution in [0.15, 0.2) is 42.5 Å². The molecule has 0 fully saturated rings. The van der Waals surface area contributed by atoms with Crippen LogP contribution >= 0.6 is 23.2 Å². The molecule has 4 nitrogen and oxygen atoms in total. The second-order valence-electron chi connectivity index (χ2n) is 3.95. The molecule has 0 aromatic heterocycles. The molecule has 0 bridgehead atoms. The first kappa shape index (κ1) is 14.4. The fraction of sp³-hybridized carbons (Fsp3) is 0. The second kappa shape index (κ2) is 5.94. The molecule has 0 saturated heterocycles. The molecule has 0 atom stereocenters. The Kier molecular flexibility index (Phi) is 4.27. The molecule has 0 aliphatic heterocycles. The number of anilines is 1. The zero-order chi connectivity index (χ0) is 14.7. The van der Waals surface area contributed by atoms with Crippen molar-refractivity contribution < 1.29 is 14.7 Å². The van der Waals surface area contributed by atoms with Crippen LogP contribution in [0.5, 0.6) is 0 Å². The molecule has 2 aromatic rings. The Hall–Kier alpha value is -2.04. The smallest absolute Gasteiger partial charge is 0.256 e. The van der Waals surface area contributed by atoms with Crippen molar-refractivity contribution in [2.45, 2.75) is 0 Å². The molecule has 2 rings (SSSR count). The third kappa shape index (κ3) is 3.29. The van der Waals surface area contributed by atoms with Crippen molar-refractivity contribution in [1.29, 1.82) is 0 Å². The number of aromatic carboxylic acids is 1. The average molecular weight is 309 g/mol. The molecule has 0 unspecified atom stereocenters. The van der Waals surface area contributed by atoms with Crippen LogP contribution in [-0.4, -0.2) is 11.9 Å². The van der Waals surface area contributed by atoms with E-state index in [9.17, 15) is 14.7 Å². The minimum Gasteiger partial charge on any atom is -0.545 e. The molecule has 0 aliphatic carbocycles. The van der Waals surface area contributed by atoms with Crippen molar-refractivity contribution >= 4 is 40.8 Å². The highest BCUT2D eigenvalue weighted by atomic mass is 35.5. The fourth-order valence-electron chi connectivity index (χ4n) is 1.68. The van der Waals surface area contributed by atoms with Gasteiger partial charge in [-0.05, 0) is 24.3 Å². The van der Waals surface area contributed by atoms with Crippen LogP contribution < -0.4 is 10.4 Å². The van der Waals surface area contributed by atoms with E-state index in [-0.39, 0.29) is 11.1 Å². The van der Waals surface area contributed by atoms with Crippen LogP contribution in [0.1, 0.15) is 20.7 Å². The van der Waals surface area contributed by atoms with Gasteiger partial charge in [-0.2, -0.15) is 0 Å². The molecular weight excluding hydrogens is 301 g/mol. The number of amides is 1. The van der Waals surface area contributed by atoms with Gasteiger partial charge in [-0.3, -0.25) is 4.79 Å². The lowest BCUT2D eigenvalue weighted by atomic mass is 10.1. The van der Waals surface area contributed by atoms with Crippen LogP contribution in [0.4, 0.5) is 5.69 Å². The molecule has 6 heteroatoms. The maximum atomic E-state index is 12.1. The number of nitrogens with one attached hydrogen (secondary N) is 1. The SMILES string of the molecule is O=C([O-])c1ccccc1C(=O)Nc1cc(Cl)cc(Cl)c1. The molecule has 0 heterocycles. The monoisotopic (exact) mass is 308 g/mol. The lowest BCUT2D eigenvalue weighted by Crippen LogP contribution is -2.26. The quantitative estimate of drug-likeness (QED) is 0.947. The molecule has 20 heavy (non-hydrogen) atoms. The van der Waals surface area contributed by atoms with E-state index in [0.29, 0.717) is 15.7 Å². The van der Waals surface area contributed by atoms with E-state index >= 15 is 0 Å². The molecule has 1 N–H and O–H groups in total. The summed E-state index contributed by atoms with van der Waals surface area (Å²) in [5.41, 5.74) is 0.197. The normalized spacial score (nSPS) is 10.1. The maximum absolute atomic E-state index is 12.1.